The van der Waals surface area contributed by atoms with Crippen LogP contribution in [0, 0.1) is 0 Å². The van der Waals surface area contributed by atoms with Crippen molar-refractivity contribution in [3.8, 4) is 5.75 Å². The zero-order valence-electron chi connectivity index (χ0n) is 12.4. The fraction of sp³-hybridized carbons (Fsp3) is 0. The molecule has 4 heteroatoms. The molecule has 0 atom stereocenters. The number of nitrogens with zero attached hydrogens (tertiary/aromatic N) is 1. The molecule has 0 saturated heterocycles. The van der Waals surface area contributed by atoms with Crippen LogP contribution < -0.4 is 10.1 Å². The zero-order valence-corrected chi connectivity index (χ0v) is 13.2. The first-order chi connectivity index (χ1) is 10.9. The predicted octanol–water partition coefficient (Wildman–Crippen LogP) is 5.29. The summed E-state index contributed by atoms with van der Waals surface area (Å²) in [4.78, 5) is 4.53. The molecule has 0 fully saturated rings. The molecule has 3 nitrogen and oxygen atoms in total. The summed E-state index contributed by atoms with van der Waals surface area (Å²) in [6.07, 6.45) is 0. The van der Waals surface area contributed by atoms with Gasteiger partial charge in [0.1, 0.15) is 5.75 Å². The highest BCUT2D eigenvalue weighted by Gasteiger charge is 2.04. The summed E-state index contributed by atoms with van der Waals surface area (Å²) < 4.78 is 5.86. The lowest BCUT2D eigenvalue weighted by Crippen LogP contribution is -2.19. The molecule has 0 heterocycles. The quantitative estimate of drug-likeness (QED) is 0.525. The van der Waals surface area contributed by atoms with Crippen molar-refractivity contribution in [2.24, 2.45) is 4.99 Å². The van der Waals surface area contributed by atoms with E-state index in [1.807, 2.05) is 91.0 Å². The Bertz CT molecular complexity index is 688. The minimum Gasteiger partial charge on any atom is -0.426 e. The van der Waals surface area contributed by atoms with Crippen LogP contribution in [0.2, 0.25) is 0 Å². The molecule has 3 aromatic carbocycles. The Kier molecular flexibility index (Phi) is 6.21. The van der Waals surface area contributed by atoms with Gasteiger partial charge in [-0.15, -0.1) is 12.4 Å². The van der Waals surface area contributed by atoms with E-state index in [0.29, 0.717) is 6.02 Å². The minimum absolute atomic E-state index is 0. The molecule has 0 saturated carbocycles. The molecular weight excluding hydrogens is 308 g/mol. The standard InChI is InChI=1S/C19H16N2O.ClH/c1-4-10-16(11-5-1)20-19(21-17-12-6-2-7-13-17)22-18-14-8-3-9-15-18;/h1-15H,(H,20,21);1H. The van der Waals surface area contributed by atoms with Gasteiger partial charge in [-0.3, -0.25) is 0 Å². The summed E-state index contributed by atoms with van der Waals surface area (Å²) in [6, 6.07) is 29.6. The minimum atomic E-state index is 0. The zero-order chi connectivity index (χ0) is 15.0. The van der Waals surface area contributed by atoms with Crippen molar-refractivity contribution in [1.29, 1.82) is 0 Å². The summed E-state index contributed by atoms with van der Waals surface area (Å²) in [7, 11) is 0. The summed E-state index contributed by atoms with van der Waals surface area (Å²) in [5.41, 5.74) is 1.75. The SMILES string of the molecule is Cl.c1ccc(N=C(Nc2ccccc2)Oc2ccccc2)cc1. The van der Waals surface area contributed by atoms with Gasteiger partial charge in [-0.2, -0.15) is 4.99 Å². The molecule has 0 amide bonds. The first-order valence-corrected chi connectivity index (χ1v) is 7.09. The Morgan fingerprint density at radius 2 is 1.22 bits per heavy atom. The fourth-order valence-corrected chi connectivity index (χ4v) is 1.94. The van der Waals surface area contributed by atoms with Crippen LogP contribution >= 0.6 is 12.4 Å². The molecule has 0 radical (unpaired) electrons. The predicted molar refractivity (Wildman–Crippen MR) is 97.9 cm³/mol. The van der Waals surface area contributed by atoms with Crippen LogP contribution in [0.25, 0.3) is 0 Å². The lowest BCUT2D eigenvalue weighted by Gasteiger charge is -2.11. The van der Waals surface area contributed by atoms with Gasteiger partial charge in [0.25, 0.3) is 6.02 Å². The number of hydrogen-bond acceptors (Lipinski definition) is 2. The van der Waals surface area contributed by atoms with Crippen LogP contribution in [0.3, 0.4) is 0 Å². The summed E-state index contributed by atoms with van der Waals surface area (Å²) in [5, 5.41) is 3.20. The molecule has 0 aromatic heterocycles. The molecule has 0 spiro atoms. The average Bonchev–Trinajstić information content (AvgIpc) is 2.57. The lowest BCUT2D eigenvalue weighted by atomic mass is 10.3. The second kappa shape index (κ2) is 8.61. The molecule has 1 N–H and O–H groups in total. The number of nitrogens with one attached hydrogen (secondary N) is 1. The maximum Gasteiger partial charge on any atom is 0.300 e. The Hall–Kier alpha value is -2.78. The van der Waals surface area contributed by atoms with E-state index in [4.69, 9.17) is 4.74 Å². The average molecular weight is 325 g/mol. The molecule has 116 valence electrons. The number of amidine groups is 1. The fourth-order valence-electron chi connectivity index (χ4n) is 1.94. The Labute approximate surface area is 142 Å². The summed E-state index contributed by atoms with van der Waals surface area (Å²) in [5.74, 6) is 0.737. The molecule has 3 rings (SSSR count). The molecule has 0 aliphatic rings. The molecule has 3 aromatic rings. The second-order valence-corrected chi connectivity index (χ2v) is 4.66. The van der Waals surface area contributed by atoms with Gasteiger partial charge in [-0.1, -0.05) is 54.6 Å². The highest BCUT2D eigenvalue weighted by atomic mass is 35.5. The number of para-hydroxylation sites is 3. The van der Waals surface area contributed by atoms with Gasteiger partial charge in [0, 0.05) is 5.69 Å². The number of anilines is 1. The third-order valence-electron chi connectivity index (χ3n) is 2.97. The van der Waals surface area contributed by atoms with Gasteiger partial charge in [0.15, 0.2) is 0 Å². The van der Waals surface area contributed by atoms with Crippen molar-refractivity contribution in [3.63, 3.8) is 0 Å². The molecule has 0 aliphatic carbocycles. The van der Waals surface area contributed by atoms with E-state index in [0.717, 1.165) is 17.1 Å². The highest BCUT2D eigenvalue weighted by molar-refractivity contribution is 5.92. The van der Waals surface area contributed by atoms with Crippen LogP contribution in [0.1, 0.15) is 0 Å². The van der Waals surface area contributed by atoms with Crippen LogP contribution in [-0.4, -0.2) is 6.02 Å². The smallest absolute Gasteiger partial charge is 0.300 e. The van der Waals surface area contributed by atoms with Gasteiger partial charge < -0.3 is 10.1 Å². The number of halogens is 1. The third-order valence-corrected chi connectivity index (χ3v) is 2.97. The van der Waals surface area contributed by atoms with Crippen LogP contribution in [0.5, 0.6) is 5.75 Å². The lowest BCUT2D eigenvalue weighted by molar-refractivity contribution is 0.549. The van der Waals surface area contributed by atoms with Crippen LogP contribution in [0.15, 0.2) is 96.0 Å². The number of ether oxygens (including phenoxy) is 1. The van der Waals surface area contributed by atoms with E-state index in [2.05, 4.69) is 10.3 Å². The first-order valence-electron chi connectivity index (χ1n) is 7.09. The normalized spacial score (nSPS) is 10.5. The highest BCUT2D eigenvalue weighted by Crippen LogP contribution is 2.15. The summed E-state index contributed by atoms with van der Waals surface area (Å²) in [6.45, 7) is 0. The molecule has 0 aliphatic heterocycles. The Balaban J connectivity index is 0.00000192. The van der Waals surface area contributed by atoms with Crippen LogP contribution in [0.4, 0.5) is 11.4 Å². The van der Waals surface area contributed by atoms with E-state index >= 15 is 0 Å². The van der Waals surface area contributed by atoms with Crippen molar-refractivity contribution >= 4 is 29.8 Å². The van der Waals surface area contributed by atoms with Crippen molar-refractivity contribution in [1.82, 2.24) is 0 Å². The number of hydrogen-bond donors (Lipinski definition) is 1. The number of rotatable bonds is 3. The van der Waals surface area contributed by atoms with E-state index in [-0.39, 0.29) is 12.4 Å². The van der Waals surface area contributed by atoms with E-state index < -0.39 is 0 Å². The topological polar surface area (TPSA) is 33.6 Å². The van der Waals surface area contributed by atoms with Gasteiger partial charge in [-0.05, 0) is 36.4 Å². The van der Waals surface area contributed by atoms with Gasteiger partial charge >= 0.3 is 0 Å². The molecule has 23 heavy (non-hydrogen) atoms. The van der Waals surface area contributed by atoms with Gasteiger partial charge in [0.05, 0.1) is 5.69 Å². The monoisotopic (exact) mass is 324 g/mol. The Morgan fingerprint density at radius 1 is 0.696 bits per heavy atom. The van der Waals surface area contributed by atoms with Gasteiger partial charge in [0.2, 0.25) is 0 Å². The van der Waals surface area contributed by atoms with Crippen molar-refractivity contribution in [2.75, 3.05) is 5.32 Å². The van der Waals surface area contributed by atoms with Crippen LogP contribution in [-0.2, 0) is 0 Å². The molecule has 0 bridgehead atoms. The van der Waals surface area contributed by atoms with Crippen molar-refractivity contribution < 1.29 is 4.74 Å². The largest absolute Gasteiger partial charge is 0.426 e. The first kappa shape index (κ1) is 16.6. The van der Waals surface area contributed by atoms with E-state index in [1.54, 1.807) is 0 Å². The van der Waals surface area contributed by atoms with Gasteiger partial charge in [-0.25, -0.2) is 0 Å². The Morgan fingerprint density at radius 3 is 1.83 bits per heavy atom. The van der Waals surface area contributed by atoms with Crippen molar-refractivity contribution in [3.05, 3.63) is 91.0 Å². The van der Waals surface area contributed by atoms with E-state index in [1.165, 1.54) is 0 Å². The summed E-state index contributed by atoms with van der Waals surface area (Å²) >= 11 is 0. The van der Waals surface area contributed by atoms with E-state index in [9.17, 15) is 0 Å². The molecular formula is C19H17ClN2O. The second-order valence-electron chi connectivity index (χ2n) is 4.66. The third kappa shape index (κ3) is 5.16. The maximum atomic E-state index is 5.86. The van der Waals surface area contributed by atoms with Crippen molar-refractivity contribution in [2.45, 2.75) is 0 Å². The number of benzene rings is 3. The number of aliphatic imine (C=N–C) groups is 1. The maximum absolute atomic E-state index is 5.86. The molecule has 0 unspecified atom stereocenters.